The van der Waals surface area contributed by atoms with Crippen LogP contribution in [0.25, 0.3) is 32.8 Å². The Bertz CT molecular complexity index is 2050. The Morgan fingerprint density at radius 2 is 1.81 bits per heavy atom. The third kappa shape index (κ3) is 8.76. The van der Waals surface area contributed by atoms with Gasteiger partial charge in [-0.3, -0.25) is 9.58 Å². The van der Waals surface area contributed by atoms with Gasteiger partial charge in [0.2, 0.25) is 0 Å². The van der Waals surface area contributed by atoms with Crippen molar-refractivity contribution in [2.75, 3.05) is 59.2 Å². The molecule has 0 saturated carbocycles. The molecule has 2 aromatic heterocycles. The lowest BCUT2D eigenvalue weighted by Gasteiger charge is -2.28. The van der Waals surface area contributed by atoms with Crippen LogP contribution < -0.4 is 10.1 Å². The fraction of sp³-hybridized carbons (Fsp3) is 0.476. The SMILES string of the molecule is CCNCC.Cc1c2c(nn1C)C(CCN1CCOCC1)OCCCCn1c(C(=O)O)c(CCCOc3cccc4cc(F)ccc34)c3ccc(Cl)c-2c31. The molecule has 1 fully saturated rings. The molecular formula is C42H53ClFN5O5. The van der Waals surface area contributed by atoms with Crippen LogP contribution in [0.15, 0.2) is 48.5 Å². The van der Waals surface area contributed by atoms with Crippen molar-refractivity contribution in [3.05, 3.63) is 82.0 Å². The predicted octanol–water partition coefficient (Wildman–Crippen LogP) is 8.20. The van der Waals surface area contributed by atoms with E-state index in [-0.39, 0.29) is 17.6 Å². The van der Waals surface area contributed by atoms with Crippen molar-refractivity contribution in [2.45, 2.75) is 65.5 Å². The van der Waals surface area contributed by atoms with E-state index in [0.717, 1.165) is 115 Å². The molecule has 0 aliphatic carbocycles. The summed E-state index contributed by atoms with van der Waals surface area (Å²) in [4.78, 5) is 15.5. The molecule has 2 aliphatic heterocycles. The van der Waals surface area contributed by atoms with Crippen molar-refractivity contribution in [2.24, 2.45) is 7.05 Å². The van der Waals surface area contributed by atoms with Crippen molar-refractivity contribution in [1.29, 1.82) is 0 Å². The van der Waals surface area contributed by atoms with E-state index < -0.39 is 5.97 Å². The van der Waals surface area contributed by atoms with Crippen LogP contribution in [-0.2, 0) is 29.5 Å². The summed E-state index contributed by atoms with van der Waals surface area (Å²) < 4.78 is 36.0. The zero-order valence-electron chi connectivity index (χ0n) is 31.9. The first kappa shape index (κ1) is 39.7. The molecule has 0 bridgehead atoms. The van der Waals surface area contributed by atoms with Gasteiger partial charge in [-0.15, -0.1) is 0 Å². The number of rotatable bonds is 11. The van der Waals surface area contributed by atoms with E-state index in [1.807, 2.05) is 53.6 Å². The molecule has 1 saturated heterocycles. The minimum absolute atomic E-state index is 0.244. The van der Waals surface area contributed by atoms with Gasteiger partial charge in [0.25, 0.3) is 0 Å². The third-order valence-corrected chi connectivity index (χ3v) is 10.7. The van der Waals surface area contributed by atoms with Crippen LogP contribution in [0.5, 0.6) is 5.75 Å². The molecule has 2 aliphatic rings. The number of carboxylic acid groups (broad SMARTS) is 1. The molecule has 1 unspecified atom stereocenters. The summed E-state index contributed by atoms with van der Waals surface area (Å²) in [5, 5.41) is 21.8. The highest BCUT2D eigenvalue weighted by Gasteiger charge is 2.31. The minimum atomic E-state index is -0.970. The minimum Gasteiger partial charge on any atom is -0.493 e. The van der Waals surface area contributed by atoms with Gasteiger partial charge in [-0.05, 0) is 93.4 Å². The van der Waals surface area contributed by atoms with E-state index in [2.05, 4.69) is 24.1 Å². The number of aryl methyl sites for hydroxylation is 3. The molecule has 1 atom stereocenters. The summed E-state index contributed by atoms with van der Waals surface area (Å²) in [7, 11) is 1.93. The molecule has 0 spiro atoms. The highest BCUT2D eigenvalue weighted by Crippen LogP contribution is 2.45. The molecule has 290 valence electrons. The average molecular weight is 762 g/mol. The van der Waals surface area contributed by atoms with Gasteiger partial charge >= 0.3 is 5.97 Å². The number of morpholine rings is 1. The number of hydrogen-bond donors (Lipinski definition) is 2. The molecule has 0 radical (unpaired) electrons. The van der Waals surface area contributed by atoms with E-state index in [4.69, 9.17) is 30.9 Å². The normalized spacial score (nSPS) is 16.4. The molecule has 7 rings (SSSR count). The summed E-state index contributed by atoms with van der Waals surface area (Å²) in [5.74, 6) is -0.591. The number of carboxylic acids is 1. The summed E-state index contributed by atoms with van der Waals surface area (Å²) in [6, 6.07) is 14.1. The zero-order valence-corrected chi connectivity index (χ0v) is 32.7. The van der Waals surface area contributed by atoms with Crippen LogP contribution in [0.3, 0.4) is 0 Å². The molecule has 12 heteroatoms. The van der Waals surface area contributed by atoms with E-state index in [9.17, 15) is 14.3 Å². The Morgan fingerprint density at radius 1 is 1.04 bits per heavy atom. The molecule has 4 heterocycles. The van der Waals surface area contributed by atoms with Crippen molar-refractivity contribution >= 4 is 39.2 Å². The van der Waals surface area contributed by atoms with Gasteiger partial charge in [0.15, 0.2) is 0 Å². The maximum atomic E-state index is 13.8. The number of hydrogen-bond acceptors (Lipinski definition) is 7. The largest absolute Gasteiger partial charge is 0.493 e. The first-order valence-electron chi connectivity index (χ1n) is 19.3. The number of carbonyl (C=O) groups is 1. The van der Waals surface area contributed by atoms with Crippen molar-refractivity contribution in [1.82, 2.24) is 24.6 Å². The van der Waals surface area contributed by atoms with Crippen LogP contribution in [-0.4, -0.2) is 89.5 Å². The Hall–Kier alpha value is -4.00. The number of aromatic carboxylic acids is 1. The standard InChI is InChI=1S/C38H42ClFN4O5.C4H11N/c1-24-33-34-30(39)13-12-29-28(8-6-20-48-31-9-5-7-25-23-26(40)10-11-27(25)31)37(38(45)46)44(36(29)34)15-3-4-19-49-32(35(33)41-42(24)2)14-16-43-17-21-47-22-18-43;1-3-5-4-2/h5,7,9-13,23,32H,3-4,6,8,14-22H2,1-2H3,(H,45,46);5H,3-4H2,1-2H3. The van der Waals surface area contributed by atoms with Gasteiger partial charge in [0.1, 0.15) is 23.4 Å². The molecule has 10 nitrogen and oxygen atoms in total. The summed E-state index contributed by atoms with van der Waals surface area (Å²) in [5.41, 5.74) is 5.36. The molecular weight excluding hydrogens is 709 g/mol. The molecule has 54 heavy (non-hydrogen) atoms. The smallest absolute Gasteiger partial charge is 0.352 e. The van der Waals surface area contributed by atoms with E-state index in [0.29, 0.717) is 43.4 Å². The molecule has 5 aromatic rings. The third-order valence-electron chi connectivity index (χ3n) is 10.4. The Labute approximate surface area is 322 Å². The van der Waals surface area contributed by atoms with Gasteiger partial charge in [-0.25, -0.2) is 9.18 Å². The van der Waals surface area contributed by atoms with Crippen LogP contribution >= 0.6 is 11.6 Å². The number of benzene rings is 3. The van der Waals surface area contributed by atoms with Gasteiger partial charge < -0.3 is 29.2 Å². The van der Waals surface area contributed by atoms with Crippen LogP contribution in [0.2, 0.25) is 5.02 Å². The van der Waals surface area contributed by atoms with Gasteiger partial charge in [0, 0.05) is 67.4 Å². The quantitative estimate of drug-likeness (QED) is 0.130. The number of halogens is 2. The van der Waals surface area contributed by atoms with Crippen molar-refractivity contribution in [3.63, 3.8) is 0 Å². The van der Waals surface area contributed by atoms with Gasteiger partial charge in [0.05, 0.1) is 36.1 Å². The monoisotopic (exact) mass is 761 g/mol. The first-order chi connectivity index (χ1) is 26.2. The average Bonchev–Trinajstić information content (AvgIpc) is 3.63. The molecule has 2 N–H and O–H groups in total. The number of aromatic nitrogens is 3. The van der Waals surface area contributed by atoms with E-state index in [1.165, 1.54) is 12.1 Å². The Balaban J connectivity index is 0.000000934. The van der Waals surface area contributed by atoms with Crippen LogP contribution in [0, 0.1) is 12.7 Å². The lowest BCUT2D eigenvalue weighted by atomic mass is 9.95. The van der Waals surface area contributed by atoms with Crippen molar-refractivity contribution in [3.8, 4) is 16.9 Å². The number of fused-ring (bicyclic) bond motifs is 3. The zero-order chi connectivity index (χ0) is 38.2. The highest BCUT2D eigenvalue weighted by atomic mass is 35.5. The maximum absolute atomic E-state index is 13.8. The first-order valence-corrected chi connectivity index (χ1v) is 19.6. The molecule has 0 amide bonds. The second-order valence-corrected chi connectivity index (χ2v) is 14.3. The molecule has 3 aromatic carbocycles. The van der Waals surface area contributed by atoms with Crippen molar-refractivity contribution < 1.29 is 28.5 Å². The maximum Gasteiger partial charge on any atom is 0.352 e. The Morgan fingerprint density at radius 3 is 2.56 bits per heavy atom. The lowest BCUT2D eigenvalue weighted by Crippen LogP contribution is -2.37. The van der Waals surface area contributed by atoms with Crippen LogP contribution in [0.1, 0.15) is 73.1 Å². The fourth-order valence-corrected chi connectivity index (χ4v) is 7.92. The van der Waals surface area contributed by atoms with Crippen LogP contribution in [0.4, 0.5) is 4.39 Å². The highest BCUT2D eigenvalue weighted by molar-refractivity contribution is 6.35. The van der Waals surface area contributed by atoms with E-state index >= 15 is 0 Å². The number of nitrogens with one attached hydrogen (secondary N) is 1. The fourth-order valence-electron chi connectivity index (χ4n) is 7.67. The second-order valence-electron chi connectivity index (χ2n) is 13.9. The summed E-state index contributed by atoms with van der Waals surface area (Å²) in [6.45, 7) is 14.0. The Kier molecular flexibility index (Phi) is 13.6. The van der Waals surface area contributed by atoms with E-state index in [1.54, 1.807) is 6.07 Å². The second kappa shape index (κ2) is 18.6. The number of ether oxygens (including phenoxy) is 3. The topological polar surface area (TPSA) is 103 Å². The van der Waals surface area contributed by atoms with Gasteiger partial charge in [-0.2, -0.15) is 5.10 Å². The summed E-state index contributed by atoms with van der Waals surface area (Å²) in [6.07, 6.45) is 3.14. The predicted molar refractivity (Wildman–Crippen MR) is 213 cm³/mol. The van der Waals surface area contributed by atoms with Gasteiger partial charge in [-0.1, -0.05) is 43.6 Å². The number of nitrogens with zero attached hydrogens (tertiary/aromatic N) is 4. The summed E-state index contributed by atoms with van der Waals surface area (Å²) >= 11 is 7.11. The lowest BCUT2D eigenvalue weighted by molar-refractivity contribution is 0.00974.